The average molecular weight is 367 g/mol. The third-order valence-electron chi connectivity index (χ3n) is 2.87. The summed E-state index contributed by atoms with van der Waals surface area (Å²) in [5, 5.41) is 0. The molecule has 96 valence electrons. The summed E-state index contributed by atoms with van der Waals surface area (Å²) < 4.78 is 0. The zero-order valence-corrected chi connectivity index (χ0v) is 12.9. The van der Waals surface area contributed by atoms with E-state index in [2.05, 4.69) is 23.8 Å². The van der Waals surface area contributed by atoms with Crippen LogP contribution in [0.1, 0.15) is 12.0 Å². The molecule has 0 bridgehead atoms. The number of rotatable bonds is 1. The van der Waals surface area contributed by atoms with Crippen molar-refractivity contribution in [2.45, 2.75) is 6.42 Å². The lowest BCUT2D eigenvalue weighted by Gasteiger charge is -2.19. The molecule has 0 amide bonds. The third-order valence-corrected chi connectivity index (χ3v) is 2.87. The molecule has 2 rings (SSSR count). The molecule has 17 heavy (non-hydrogen) atoms. The van der Waals surface area contributed by atoms with Crippen molar-refractivity contribution in [3.8, 4) is 0 Å². The molecule has 0 saturated heterocycles. The Labute approximate surface area is 121 Å². The highest BCUT2D eigenvalue weighted by Gasteiger charge is 2.13. The number of hydrogen-bond donors (Lipinski definition) is 3. The molecule has 0 radical (unpaired) electrons. The zero-order valence-electron chi connectivity index (χ0n) is 9.72. The monoisotopic (exact) mass is 365 g/mol. The SMILES string of the molecule is C[NH+]1CC=C(c2c[nH]c(=O)c([NH3+])c2)CC1.[Br-].[Br-]. The summed E-state index contributed by atoms with van der Waals surface area (Å²) in [5.74, 6) is 0. The Hall–Kier alpha value is -0.430. The molecule has 0 aromatic carbocycles. The number of quaternary nitrogens is 2. The molecule has 5 N–H and O–H groups in total. The first-order chi connectivity index (χ1) is 7.16. The van der Waals surface area contributed by atoms with Crippen LogP contribution in [0.2, 0.25) is 0 Å². The Morgan fingerprint density at radius 1 is 1.41 bits per heavy atom. The van der Waals surface area contributed by atoms with Gasteiger partial charge in [-0.1, -0.05) is 0 Å². The van der Waals surface area contributed by atoms with Gasteiger partial charge in [-0.25, -0.2) is 0 Å². The van der Waals surface area contributed by atoms with E-state index in [0.717, 1.165) is 25.1 Å². The van der Waals surface area contributed by atoms with Crippen LogP contribution < -0.4 is 50.2 Å². The Bertz CT molecular complexity index is 456. The Balaban J connectivity index is 0.00000128. The molecule has 4 nitrogen and oxygen atoms in total. The molecule has 2 heterocycles. The van der Waals surface area contributed by atoms with E-state index in [1.807, 2.05) is 6.07 Å². The number of halogens is 2. The fourth-order valence-corrected chi connectivity index (χ4v) is 1.83. The van der Waals surface area contributed by atoms with Crippen molar-refractivity contribution in [1.29, 1.82) is 0 Å². The van der Waals surface area contributed by atoms with Gasteiger partial charge in [0.05, 0.1) is 20.1 Å². The molecule has 1 aromatic rings. The molecule has 1 aliphatic heterocycles. The second-order valence-corrected chi connectivity index (χ2v) is 4.13. The summed E-state index contributed by atoms with van der Waals surface area (Å²) >= 11 is 0. The van der Waals surface area contributed by atoms with E-state index < -0.39 is 0 Å². The minimum atomic E-state index is -0.0992. The first-order valence-corrected chi connectivity index (χ1v) is 5.22. The highest BCUT2D eigenvalue weighted by molar-refractivity contribution is 5.66. The predicted molar refractivity (Wildman–Crippen MR) is 58.8 cm³/mol. The maximum Gasteiger partial charge on any atom is 0.309 e. The van der Waals surface area contributed by atoms with Crippen molar-refractivity contribution in [2.75, 3.05) is 20.1 Å². The number of pyridine rings is 1. The molecule has 0 fully saturated rings. The van der Waals surface area contributed by atoms with E-state index >= 15 is 0 Å². The van der Waals surface area contributed by atoms with Gasteiger partial charge in [0.15, 0.2) is 5.69 Å². The topological polar surface area (TPSA) is 64.9 Å². The fraction of sp³-hybridized carbons (Fsp3) is 0.364. The molecule has 1 aromatic heterocycles. The van der Waals surface area contributed by atoms with Crippen LogP contribution in [0.3, 0.4) is 0 Å². The van der Waals surface area contributed by atoms with Gasteiger partial charge in [-0.3, -0.25) is 4.79 Å². The Morgan fingerprint density at radius 3 is 2.65 bits per heavy atom. The molecular formula is C11H17Br2N3O. The van der Waals surface area contributed by atoms with Gasteiger partial charge >= 0.3 is 5.56 Å². The summed E-state index contributed by atoms with van der Waals surface area (Å²) in [5.41, 5.74) is 6.58. The van der Waals surface area contributed by atoms with Crippen LogP contribution in [0.5, 0.6) is 0 Å². The summed E-state index contributed by atoms with van der Waals surface area (Å²) in [6.07, 6.45) is 5.09. The average Bonchev–Trinajstić information content (AvgIpc) is 2.23. The number of likely N-dealkylation sites (N-methyl/N-ethyl adjacent to an activating group) is 1. The first-order valence-electron chi connectivity index (χ1n) is 5.22. The Morgan fingerprint density at radius 2 is 2.12 bits per heavy atom. The molecule has 1 aliphatic rings. The zero-order chi connectivity index (χ0) is 10.8. The third kappa shape index (κ3) is 4.06. The van der Waals surface area contributed by atoms with Crippen molar-refractivity contribution in [3.05, 3.63) is 34.3 Å². The van der Waals surface area contributed by atoms with Crippen molar-refractivity contribution in [3.63, 3.8) is 0 Å². The number of aromatic nitrogens is 1. The first kappa shape index (κ1) is 16.6. The van der Waals surface area contributed by atoms with Crippen LogP contribution in [0.4, 0.5) is 5.69 Å². The van der Waals surface area contributed by atoms with Gasteiger partial charge in [0, 0.05) is 18.7 Å². The molecule has 1 atom stereocenters. The summed E-state index contributed by atoms with van der Waals surface area (Å²) in [7, 11) is 2.19. The molecule has 6 heteroatoms. The smallest absolute Gasteiger partial charge is 0.309 e. The number of aromatic amines is 1. The van der Waals surface area contributed by atoms with Crippen LogP contribution >= 0.6 is 0 Å². The number of nitrogens with one attached hydrogen (secondary N) is 2. The van der Waals surface area contributed by atoms with Crippen LogP contribution in [0.15, 0.2) is 23.1 Å². The van der Waals surface area contributed by atoms with Crippen molar-refractivity contribution < 1.29 is 44.6 Å². The molecular weight excluding hydrogens is 350 g/mol. The van der Waals surface area contributed by atoms with Crippen LogP contribution in [0.25, 0.3) is 5.57 Å². The van der Waals surface area contributed by atoms with Gasteiger partial charge < -0.3 is 49.6 Å². The highest BCUT2D eigenvalue weighted by atomic mass is 79.9. The lowest BCUT2D eigenvalue weighted by molar-refractivity contribution is -0.874. The van der Waals surface area contributed by atoms with Crippen LogP contribution in [-0.2, 0) is 0 Å². The highest BCUT2D eigenvalue weighted by Crippen LogP contribution is 2.17. The molecule has 1 unspecified atom stereocenters. The lowest BCUT2D eigenvalue weighted by atomic mass is 10.0. The van der Waals surface area contributed by atoms with Crippen molar-refractivity contribution in [1.82, 2.24) is 4.98 Å². The normalized spacial score (nSPS) is 18.7. The van der Waals surface area contributed by atoms with E-state index in [4.69, 9.17) is 0 Å². The summed E-state index contributed by atoms with van der Waals surface area (Å²) in [6, 6.07) is 1.87. The van der Waals surface area contributed by atoms with E-state index in [-0.39, 0.29) is 39.5 Å². The number of H-pyrrole nitrogens is 1. The van der Waals surface area contributed by atoms with Crippen LogP contribution in [0, 0.1) is 0 Å². The molecule has 0 spiro atoms. The molecule has 0 saturated carbocycles. The largest absolute Gasteiger partial charge is 1.00 e. The second kappa shape index (κ2) is 7.10. The standard InChI is InChI=1S/C11H15N3O.2BrH/c1-14-4-2-8(3-5-14)9-6-10(12)11(15)13-7-9;;/h2,6-7H,3-5,12H2,1H3,(H,13,15);2*1H. The minimum absolute atomic E-state index is 0. The van der Waals surface area contributed by atoms with Gasteiger partial charge in [0.2, 0.25) is 0 Å². The molecule has 0 aliphatic carbocycles. The maximum absolute atomic E-state index is 11.2. The number of hydrogen-bond acceptors (Lipinski definition) is 1. The van der Waals surface area contributed by atoms with E-state index in [1.165, 1.54) is 10.5 Å². The van der Waals surface area contributed by atoms with E-state index in [9.17, 15) is 4.79 Å². The van der Waals surface area contributed by atoms with Crippen molar-refractivity contribution in [2.24, 2.45) is 0 Å². The quantitative estimate of drug-likeness (QED) is 0.454. The Kier molecular flexibility index (Phi) is 6.92. The van der Waals surface area contributed by atoms with Gasteiger partial charge in [-0.2, -0.15) is 0 Å². The van der Waals surface area contributed by atoms with Gasteiger partial charge in [0.1, 0.15) is 0 Å². The van der Waals surface area contributed by atoms with E-state index in [1.54, 1.807) is 6.20 Å². The summed E-state index contributed by atoms with van der Waals surface area (Å²) in [6.45, 7) is 2.21. The van der Waals surface area contributed by atoms with Crippen molar-refractivity contribution >= 4 is 11.3 Å². The predicted octanol–water partition coefficient (Wildman–Crippen LogP) is -7.44. The minimum Gasteiger partial charge on any atom is -1.00 e. The van der Waals surface area contributed by atoms with Gasteiger partial charge in [0.25, 0.3) is 0 Å². The second-order valence-electron chi connectivity index (χ2n) is 4.13. The fourth-order valence-electron chi connectivity index (χ4n) is 1.83. The van der Waals surface area contributed by atoms with E-state index in [0.29, 0.717) is 5.69 Å². The lowest BCUT2D eigenvalue weighted by Crippen LogP contribution is -3.09. The van der Waals surface area contributed by atoms with Gasteiger partial charge in [-0.15, -0.1) is 0 Å². The van der Waals surface area contributed by atoms with Gasteiger partial charge in [-0.05, 0) is 17.2 Å². The maximum atomic E-state index is 11.2. The summed E-state index contributed by atoms with van der Waals surface area (Å²) in [4.78, 5) is 15.4. The van der Waals surface area contributed by atoms with Crippen LogP contribution in [-0.4, -0.2) is 25.1 Å².